The number of Topliss-reactive ketones (excluding diaryl/α,β-unsaturated/α-hetero) is 1. The summed E-state index contributed by atoms with van der Waals surface area (Å²) in [6, 6.07) is 4.49. The highest BCUT2D eigenvalue weighted by atomic mass is 19.1. The molecular weight excluding hydrogens is 519 g/mol. The van der Waals surface area contributed by atoms with Gasteiger partial charge in [0.2, 0.25) is 23.6 Å². The van der Waals surface area contributed by atoms with Crippen molar-refractivity contribution in [3.05, 3.63) is 42.0 Å². The summed E-state index contributed by atoms with van der Waals surface area (Å²) in [5.74, 6) is -1.70. The predicted octanol–water partition coefficient (Wildman–Crippen LogP) is 1.76. The molecule has 2 aliphatic rings. The largest absolute Gasteiger partial charge is 0.497 e. The lowest BCUT2D eigenvalue weighted by molar-refractivity contribution is -0.144. The summed E-state index contributed by atoms with van der Waals surface area (Å²) < 4.78 is 17.6. The third-order valence-electron chi connectivity index (χ3n) is 7.56. The van der Waals surface area contributed by atoms with Gasteiger partial charge in [0.15, 0.2) is 5.78 Å². The van der Waals surface area contributed by atoms with E-state index in [2.05, 4.69) is 16.0 Å². The fourth-order valence-corrected chi connectivity index (χ4v) is 4.87. The number of halogens is 1. The SMILES string of the molecule is CC[C@]1(C)NC(=O)[C@H](CCC=CCC(=O)CF)NC(=O)[C@H]2CCCN2C(=O)[C@H](Cc2ccc(OC)cc2)NC1=O. The summed E-state index contributed by atoms with van der Waals surface area (Å²) in [5.41, 5.74) is -0.541. The second-order valence-electron chi connectivity index (χ2n) is 10.4. The van der Waals surface area contributed by atoms with Crippen LogP contribution in [0.15, 0.2) is 36.4 Å². The number of hydrogen-bond donors (Lipinski definition) is 3. The van der Waals surface area contributed by atoms with Gasteiger partial charge in [-0.25, -0.2) is 4.39 Å². The number of ketones is 1. The van der Waals surface area contributed by atoms with Gasteiger partial charge in [0.1, 0.15) is 36.1 Å². The quantitative estimate of drug-likeness (QED) is 0.375. The number of nitrogens with one attached hydrogen (secondary N) is 3. The average molecular weight is 559 g/mol. The zero-order chi connectivity index (χ0) is 29.3. The molecule has 11 heteroatoms. The van der Waals surface area contributed by atoms with Gasteiger partial charge in [0.25, 0.3) is 0 Å². The van der Waals surface area contributed by atoms with Crippen LogP contribution in [0.2, 0.25) is 0 Å². The average Bonchev–Trinajstić information content (AvgIpc) is 3.45. The van der Waals surface area contributed by atoms with E-state index >= 15 is 0 Å². The second-order valence-corrected chi connectivity index (χ2v) is 10.4. The molecule has 3 N–H and O–H groups in total. The van der Waals surface area contributed by atoms with Crippen molar-refractivity contribution in [1.29, 1.82) is 0 Å². The third-order valence-corrected chi connectivity index (χ3v) is 7.56. The van der Waals surface area contributed by atoms with E-state index in [9.17, 15) is 28.4 Å². The Hall–Kier alpha value is -3.76. The monoisotopic (exact) mass is 558 g/mol. The van der Waals surface area contributed by atoms with Crippen LogP contribution in [0.25, 0.3) is 0 Å². The molecule has 0 radical (unpaired) electrons. The van der Waals surface area contributed by atoms with Crippen LogP contribution in [0.1, 0.15) is 57.9 Å². The van der Waals surface area contributed by atoms with Gasteiger partial charge in [-0.05, 0) is 56.7 Å². The van der Waals surface area contributed by atoms with Gasteiger partial charge >= 0.3 is 0 Å². The number of carbonyl (C=O) groups excluding carboxylic acids is 5. The number of rotatable bonds is 10. The third kappa shape index (κ3) is 7.67. The van der Waals surface area contributed by atoms with Crippen LogP contribution in [0.5, 0.6) is 5.75 Å². The summed E-state index contributed by atoms with van der Waals surface area (Å²) in [6.07, 6.45) is 5.16. The molecule has 10 nitrogen and oxygen atoms in total. The minimum atomic E-state index is -1.34. The molecule has 0 aliphatic carbocycles. The van der Waals surface area contributed by atoms with Crippen molar-refractivity contribution < 1.29 is 33.1 Å². The molecule has 0 unspecified atom stereocenters. The van der Waals surface area contributed by atoms with E-state index in [1.54, 1.807) is 39.2 Å². The van der Waals surface area contributed by atoms with E-state index in [-0.39, 0.29) is 31.6 Å². The molecule has 3 rings (SSSR count). The maximum atomic E-state index is 13.8. The minimum absolute atomic E-state index is 0.0510. The van der Waals surface area contributed by atoms with Crippen molar-refractivity contribution in [1.82, 2.24) is 20.9 Å². The van der Waals surface area contributed by atoms with Gasteiger partial charge in [0.05, 0.1) is 7.11 Å². The number of amides is 4. The minimum Gasteiger partial charge on any atom is -0.497 e. The first-order valence-electron chi connectivity index (χ1n) is 13.7. The summed E-state index contributed by atoms with van der Waals surface area (Å²) in [7, 11) is 1.56. The molecule has 0 spiro atoms. The van der Waals surface area contributed by atoms with Gasteiger partial charge < -0.3 is 25.6 Å². The van der Waals surface area contributed by atoms with E-state index in [0.29, 0.717) is 31.6 Å². The Bertz CT molecular complexity index is 1120. The van der Waals surface area contributed by atoms with Gasteiger partial charge in [-0.3, -0.25) is 24.0 Å². The maximum absolute atomic E-state index is 13.8. The number of benzene rings is 1. The van der Waals surface area contributed by atoms with Crippen LogP contribution in [-0.4, -0.2) is 78.3 Å². The van der Waals surface area contributed by atoms with Crippen LogP contribution in [0.4, 0.5) is 4.39 Å². The fourth-order valence-electron chi connectivity index (χ4n) is 4.87. The van der Waals surface area contributed by atoms with Crippen molar-refractivity contribution in [2.24, 2.45) is 0 Å². The van der Waals surface area contributed by atoms with Crippen molar-refractivity contribution in [2.45, 2.75) is 82.5 Å². The first-order chi connectivity index (χ1) is 19.1. The summed E-state index contributed by atoms with van der Waals surface area (Å²) in [5, 5.41) is 8.44. The molecule has 0 saturated carbocycles. The molecule has 4 amide bonds. The van der Waals surface area contributed by atoms with Crippen molar-refractivity contribution in [3.63, 3.8) is 0 Å². The summed E-state index contributed by atoms with van der Waals surface area (Å²) in [4.78, 5) is 66.8. The van der Waals surface area contributed by atoms with Gasteiger partial charge in [0, 0.05) is 19.4 Å². The Morgan fingerprint density at radius 3 is 2.48 bits per heavy atom. The highest BCUT2D eigenvalue weighted by Crippen LogP contribution is 2.22. The number of alkyl halides is 1. The number of fused-ring (bicyclic) bond motifs is 1. The Labute approximate surface area is 234 Å². The molecule has 1 aromatic carbocycles. The Morgan fingerprint density at radius 2 is 1.82 bits per heavy atom. The van der Waals surface area contributed by atoms with Crippen molar-refractivity contribution in [2.75, 3.05) is 20.3 Å². The molecule has 2 saturated heterocycles. The van der Waals surface area contributed by atoms with E-state index < -0.39 is 53.8 Å². The smallest absolute Gasteiger partial charge is 0.246 e. The van der Waals surface area contributed by atoms with E-state index in [1.807, 2.05) is 12.1 Å². The Kier molecular flexibility index (Phi) is 10.8. The molecule has 2 aliphatic heterocycles. The molecule has 0 aromatic heterocycles. The lowest BCUT2D eigenvalue weighted by atomic mass is 9.94. The molecule has 0 bridgehead atoms. The van der Waals surface area contributed by atoms with E-state index in [0.717, 1.165) is 5.56 Å². The zero-order valence-electron chi connectivity index (χ0n) is 23.3. The topological polar surface area (TPSA) is 134 Å². The molecule has 2 fully saturated rings. The first kappa shape index (κ1) is 30.8. The number of nitrogens with zero attached hydrogens (tertiary/aromatic N) is 1. The van der Waals surface area contributed by atoms with Gasteiger partial charge in [-0.1, -0.05) is 31.2 Å². The van der Waals surface area contributed by atoms with Crippen LogP contribution < -0.4 is 20.7 Å². The number of allylic oxidation sites excluding steroid dienone is 2. The molecular formula is C29H39FN4O6. The second kappa shape index (κ2) is 14.0. The van der Waals surface area contributed by atoms with Crippen LogP contribution in [0.3, 0.4) is 0 Å². The van der Waals surface area contributed by atoms with Crippen LogP contribution in [0, 0.1) is 0 Å². The number of hydrogen-bond acceptors (Lipinski definition) is 6. The van der Waals surface area contributed by atoms with Gasteiger partial charge in [-0.2, -0.15) is 0 Å². The molecule has 4 atom stereocenters. The highest BCUT2D eigenvalue weighted by Gasteiger charge is 2.43. The summed E-state index contributed by atoms with van der Waals surface area (Å²) in [6.45, 7) is 2.65. The lowest BCUT2D eigenvalue weighted by Crippen LogP contribution is -2.65. The molecule has 40 heavy (non-hydrogen) atoms. The normalized spacial score (nSPS) is 25.9. The lowest BCUT2D eigenvalue weighted by Gasteiger charge is -2.35. The number of ether oxygens (including phenoxy) is 1. The number of carbonyl (C=O) groups is 5. The van der Waals surface area contributed by atoms with E-state index in [4.69, 9.17) is 4.74 Å². The Morgan fingerprint density at radius 1 is 1.10 bits per heavy atom. The van der Waals surface area contributed by atoms with Gasteiger partial charge in [-0.15, -0.1) is 0 Å². The van der Waals surface area contributed by atoms with Crippen molar-refractivity contribution >= 4 is 29.4 Å². The van der Waals surface area contributed by atoms with E-state index in [1.165, 1.54) is 11.0 Å². The fraction of sp³-hybridized carbons (Fsp3) is 0.552. The standard InChI is InChI=1S/C29H39FN4O6/c1-4-29(2)28(39)32-23(17-19-12-14-21(40-3)15-13-19)27(38)34-16-8-11-24(34)26(37)31-22(25(36)33-29)10-7-5-6-9-20(35)18-30/h5-6,12-15,22-24H,4,7-11,16-18H2,1-3H3,(H,31,37)(H,32,39)(H,33,36)/t22-,23-,24+,29-/m0/s1. The predicted molar refractivity (Wildman–Crippen MR) is 146 cm³/mol. The molecule has 1 aromatic rings. The van der Waals surface area contributed by atoms with Crippen molar-refractivity contribution in [3.8, 4) is 5.75 Å². The van der Waals surface area contributed by atoms with Crippen LogP contribution >= 0.6 is 0 Å². The molecule has 2 heterocycles. The maximum Gasteiger partial charge on any atom is 0.246 e. The summed E-state index contributed by atoms with van der Waals surface area (Å²) >= 11 is 0. The van der Waals surface area contributed by atoms with Crippen LogP contribution in [-0.2, 0) is 30.4 Å². The highest BCUT2D eigenvalue weighted by molar-refractivity contribution is 5.99. The Balaban J connectivity index is 1.87. The molecule has 218 valence electrons. The first-order valence-corrected chi connectivity index (χ1v) is 13.7. The number of methoxy groups -OCH3 is 1. The zero-order valence-corrected chi connectivity index (χ0v) is 23.3.